The van der Waals surface area contributed by atoms with Crippen molar-refractivity contribution in [2.75, 3.05) is 29.3 Å². The van der Waals surface area contributed by atoms with Crippen LogP contribution in [0.1, 0.15) is 5.56 Å². The summed E-state index contributed by atoms with van der Waals surface area (Å²) in [5.74, 6) is -1.55. The van der Waals surface area contributed by atoms with Gasteiger partial charge in [0.2, 0.25) is 0 Å². The first-order valence-corrected chi connectivity index (χ1v) is 8.59. The standard InChI is InChI=1S/C19H18F2N8/c1-28-27-26-19(29(28)16-4-2-3-13(20)17(16)21)12-7-11(9-25-18(12)24)10-5-6-14(22)15(23)8-10/h2-9,27H,22-23H2,1H3,(H2,24,25). The molecule has 29 heavy (non-hydrogen) atoms. The molecule has 7 N–H and O–H groups in total. The summed E-state index contributed by atoms with van der Waals surface area (Å²) in [6.07, 6.45) is 1.59. The molecular formula is C19H18F2N8. The van der Waals surface area contributed by atoms with E-state index in [0.29, 0.717) is 22.5 Å². The number of benzene rings is 2. The highest BCUT2D eigenvalue weighted by atomic mass is 19.2. The summed E-state index contributed by atoms with van der Waals surface area (Å²) in [6, 6.07) is 10.8. The van der Waals surface area contributed by atoms with Gasteiger partial charge in [0.15, 0.2) is 17.5 Å². The monoisotopic (exact) mass is 396 g/mol. The molecule has 0 bridgehead atoms. The Hall–Kier alpha value is -3.92. The van der Waals surface area contributed by atoms with Gasteiger partial charge in [0, 0.05) is 18.8 Å². The van der Waals surface area contributed by atoms with Gasteiger partial charge in [0.25, 0.3) is 0 Å². The number of hydrogen-bond donors (Lipinski definition) is 4. The number of hydrazine groups is 2. The maximum Gasteiger partial charge on any atom is 0.184 e. The molecular weight excluding hydrogens is 378 g/mol. The second kappa shape index (κ2) is 6.91. The average Bonchev–Trinajstić information content (AvgIpc) is 3.08. The number of rotatable bonds is 3. The average molecular weight is 396 g/mol. The van der Waals surface area contributed by atoms with E-state index in [2.05, 4.69) is 15.6 Å². The van der Waals surface area contributed by atoms with Crippen LogP contribution in [0.25, 0.3) is 11.1 Å². The summed E-state index contributed by atoms with van der Waals surface area (Å²) >= 11 is 0. The fourth-order valence-corrected chi connectivity index (χ4v) is 3.03. The van der Waals surface area contributed by atoms with Crippen molar-refractivity contribution in [1.29, 1.82) is 0 Å². The summed E-state index contributed by atoms with van der Waals surface area (Å²) < 4.78 is 28.2. The Bertz CT molecular complexity index is 1130. The van der Waals surface area contributed by atoms with Gasteiger partial charge in [0.05, 0.1) is 16.9 Å². The van der Waals surface area contributed by atoms with Crippen molar-refractivity contribution >= 4 is 28.7 Å². The Kier molecular flexibility index (Phi) is 4.40. The number of nitrogens with zero attached hydrogens (tertiary/aromatic N) is 4. The molecule has 3 aromatic rings. The minimum atomic E-state index is -1.01. The predicted octanol–water partition coefficient (Wildman–Crippen LogP) is 2.31. The molecule has 2 aromatic carbocycles. The summed E-state index contributed by atoms with van der Waals surface area (Å²) in [5.41, 5.74) is 23.2. The van der Waals surface area contributed by atoms with Gasteiger partial charge < -0.3 is 17.2 Å². The number of pyridine rings is 1. The molecule has 8 nitrogen and oxygen atoms in total. The van der Waals surface area contributed by atoms with Gasteiger partial charge in [-0.05, 0) is 35.9 Å². The first-order valence-electron chi connectivity index (χ1n) is 8.59. The third-order valence-electron chi connectivity index (χ3n) is 4.54. The van der Waals surface area contributed by atoms with Crippen molar-refractivity contribution in [2.45, 2.75) is 0 Å². The zero-order valence-electron chi connectivity index (χ0n) is 15.4. The van der Waals surface area contributed by atoms with Crippen LogP contribution >= 0.6 is 0 Å². The quantitative estimate of drug-likeness (QED) is 0.501. The van der Waals surface area contributed by atoms with Crippen molar-refractivity contribution in [3.05, 3.63) is 65.9 Å². The zero-order chi connectivity index (χ0) is 20.7. The lowest BCUT2D eigenvalue weighted by molar-refractivity contribution is 0.275. The summed E-state index contributed by atoms with van der Waals surface area (Å²) in [5, 5.41) is 6.98. The largest absolute Gasteiger partial charge is 0.397 e. The zero-order valence-corrected chi connectivity index (χ0v) is 15.4. The van der Waals surface area contributed by atoms with Gasteiger partial charge in [-0.3, -0.25) is 0 Å². The molecule has 0 radical (unpaired) electrons. The van der Waals surface area contributed by atoms with E-state index in [4.69, 9.17) is 17.2 Å². The number of amidine groups is 1. The topological polar surface area (TPSA) is 122 Å². The number of aromatic nitrogens is 1. The Labute approximate surface area is 165 Å². The molecule has 0 atom stereocenters. The first kappa shape index (κ1) is 18.4. The van der Waals surface area contributed by atoms with Gasteiger partial charge in [-0.1, -0.05) is 12.1 Å². The summed E-state index contributed by atoms with van der Waals surface area (Å²) in [7, 11) is 1.61. The molecule has 2 heterocycles. The second-order valence-electron chi connectivity index (χ2n) is 6.44. The molecule has 10 heteroatoms. The van der Waals surface area contributed by atoms with Crippen molar-refractivity contribution in [2.24, 2.45) is 5.10 Å². The van der Waals surface area contributed by atoms with Crippen LogP contribution in [0.3, 0.4) is 0 Å². The van der Waals surface area contributed by atoms with Crippen LogP contribution in [0, 0.1) is 11.6 Å². The maximum absolute atomic E-state index is 14.4. The summed E-state index contributed by atoms with van der Waals surface area (Å²) in [4.78, 5) is 4.23. The Balaban J connectivity index is 1.81. The number of nitrogens with one attached hydrogen (secondary N) is 1. The predicted molar refractivity (Wildman–Crippen MR) is 109 cm³/mol. The third-order valence-corrected chi connectivity index (χ3v) is 4.54. The van der Waals surface area contributed by atoms with Crippen LogP contribution < -0.4 is 27.7 Å². The molecule has 1 aliphatic rings. The van der Waals surface area contributed by atoms with E-state index in [9.17, 15) is 8.78 Å². The molecule has 0 amide bonds. The van der Waals surface area contributed by atoms with Crippen molar-refractivity contribution in [3.8, 4) is 11.1 Å². The molecule has 0 fully saturated rings. The minimum absolute atomic E-state index is 0.0298. The number of hydrazone groups is 1. The Morgan fingerprint density at radius 3 is 2.52 bits per heavy atom. The third kappa shape index (κ3) is 3.15. The molecule has 1 aliphatic heterocycles. The fourth-order valence-electron chi connectivity index (χ4n) is 3.03. The van der Waals surface area contributed by atoms with Crippen molar-refractivity contribution in [1.82, 2.24) is 15.6 Å². The second-order valence-corrected chi connectivity index (χ2v) is 6.44. The van der Waals surface area contributed by atoms with E-state index in [1.807, 2.05) is 0 Å². The lowest BCUT2D eigenvalue weighted by Gasteiger charge is -2.26. The molecule has 0 aliphatic carbocycles. The first-order chi connectivity index (χ1) is 13.9. The van der Waals surface area contributed by atoms with Crippen LogP contribution in [0.15, 0.2) is 53.8 Å². The van der Waals surface area contributed by atoms with E-state index in [-0.39, 0.29) is 17.3 Å². The van der Waals surface area contributed by atoms with Gasteiger partial charge in [-0.2, -0.15) is 0 Å². The highest BCUT2D eigenvalue weighted by Crippen LogP contribution is 2.30. The van der Waals surface area contributed by atoms with E-state index >= 15 is 0 Å². The molecule has 4 rings (SSSR count). The van der Waals surface area contributed by atoms with Crippen LogP contribution in [-0.4, -0.2) is 23.0 Å². The van der Waals surface area contributed by atoms with E-state index in [0.717, 1.165) is 11.6 Å². The van der Waals surface area contributed by atoms with Gasteiger partial charge in [-0.15, -0.1) is 10.2 Å². The number of nitrogens with two attached hydrogens (primary N) is 3. The smallest absolute Gasteiger partial charge is 0.184 e. The summed E-state index contributed by atoms with van der Waals surface area (Å²) in [6.45, 7) is 0. The number of nitrogen functional groups attached to an aromatic ring is 3. The van der Waals surface area contributed by atoms with Gasteiger partial charge >= 0.3 is 0 Å². The van der Waals surface area contributed by atoms with E-state index in [1.54, 1.807) is 37.5 Å². The lowest BCUT2D eigenvalue weighted by Crippen LogP contribution is -2.44. The molecule has 0 saturated carbocycles. The highest BCUT2D eigenvalue weighted by Gasteiger charge is 2.30. The normalized spacial score (nSPS) is 14.0. The van der Waals surface area contributed by atoms with Crippen LogP contribution in [0.4, 0.5) is 31.7 Å². The molecule has 148 valence electrons. The van der Waals surface area contributed by atoms with E-state index < -0.39 is 11.6 Å². The van der Waals surface area contributed by atoms with Crippen molar-refractivity contribution < 1.29 is 8.78 Å². The maximum atomic E-state index is 14.4. The van der Waals surface area contributed by atoms with Crippen LogP contribution in [-0.2, 0) is 0 Å². The van der Waals surface area contributed by atoms with Gasteiger partial charge in [0.1, 0.15) is 11.5 Å². The molecule has 0 saturated heterocycles. The van der Waals surface area contributed by atoms with Crippen LogP contribution in [0.5, 0.6) is 0 Å². The SMILES string of the molecule is CN1NN=C(c2cc(-c3ccc(N)c(N)c3)cnc2N)N1c1cccc(F)c1F. The van der Waals surface area contributed by atoms with Gasteiger partial charge in [-0.25, -0.2) is 24.3 Å². The Morgan fingerprint density at radius 1 is 0.966 bits per heavy atom. The van der Waals surface area contributed by atoms with Crippen molar-refractivity contribution in [3.63, 3.8) is 0 Å². The van der Waals surface area contributed by atoms with E-state index in [1.165, 1.54) is 22.3 Å². The number of hydrogen-bond acceptors (Lipinski definition) is 8. The fraction of sp³-hybridized carbons (Fsp3) is 0.0526. The minimum Gasteiger partial charge on any atom is -0.397 e. The molecule has 1 aromatic heterocycles. The number of anilines is 4. The molecule has 0 spiro atoms. The highest BCUT2D eigenvalue weighted by molar-refractivity contribution is 6.13. The molecule has 0 unspecified atom stereocenters. The lowest BCUT2D eigenvalue weighted by atomic mass is 10.0. The number of halogens is 2. The van der Waals surface area contributed by atoms with Crippen LogP contribution in [0.2, 0.25) is 0 Å². The Morgan fingerprint density at radius 2 is 1.76 bits per heavy atom.